The first-order valence-corrected chi connectivity index (χ1v) is 49.0. The maximum atomic E-state index is 13.2. The molecule has 0 spiro atoms. The molecule has 108 heavy (non-hydrogen) atoms. The minimum absolute atomic E-state index is 0.108. The highest BCUT2D eigenvalue weighted by atomic mass is 31.2. The fourth-order valence-corrected chi connectivity index (χ4v) is 15.5. The summed E-state index contributed by atoms with van der Waals surface area (Å²) in [5, 5.41) is 10.7. The lowest BCUT2D eigenvalue weighted by Gasteiger charge is -2.21. The molecule has 0 rings (SSSR count). The predicted molar refractivity (Wildman–Crippen MR) is 446 cm³/mol. The van der Waals surface area contributed by atoms with E-state index in [-0.39, 0.29) is 25.7 Å². The number of aliphatic hydroxyl groups excluding tert-OH is 1. The summed E-state index contributed by atoms with van der Waals surface area (Å²) in [7, 11) is -9.93. The van der Waals surface area contributed by atoms with Crippen molar-refractivity contribution >= 4 is 39.5 Å². The molecule has 6 atom stereocenters. The molecule has 0 saturated heterocycles. The fourth-order valence-electron chi connectivity index (χ4n) is 13.9. The Kier molecular flexibility index (Phi) is 78.8. The summed E-state index contributed by atoms with van der Waals surface area (Å²) in [5.41, 5.74) is 0. The molecule has 3 N–H and O–H groups in total. The smallest absolute Gasteiger partial charge is 0.462 e. The molecule has 3 unspecified atom stereocenters. The van der Waals surface area contributed by atoms with Crippen molar-refractivity contribution in [1.82, 2.24) is 0 Å². The van der Waals surface area contributed by atoms with Crippen LogP contribution in [-0.2, 0) is 65.4 Å². The van der Waals surface area contributed by atoms with Crippen molar-refractivity contribution in [2.75, 3.05) is 39.6 Å². The number of rotatable bonds is 88. The Morgan fingerprint density at radius 1 is 0.269 bits per heavy atom. The van der Waals surface area contributed by atoms with E-state index in [4.69, 9.17) is 37.0 Å². The van der Waals surface area contributed by atoms with Crippen LogP contribution in [0, 0.1) is 11.8 Å². The molecule has 0 aromatic carbocycles. The van der Waals surface area contributed by atoms with Crippen LogP contribution in [-0.4, -0.2) is 96.7 Å². The first kappa shape index (κ1) is 106. The average Bonchev–Trinajstić information content (AvgIpc) is 0.899. The first-order valence-electron chi connectivity index (χ1n) is 46.0. The Bertz CT molecular complexity index is 2070. The molecule has 0 aromatic rings. The van der Waals surface area contributed by atoms with Gasteiger partial charge in [0.05, 0.1) is 26.4 Å². The summed E-state index contributed by atoms with van der Waals surface area (Å²) in [4.78, 5) is 73.4. The third-order valence-corrected chi connectivity index (χ3v) is 23.2. The van der Waals surface area contributed by atoms with E-state index in [1.807, 2.05) is 0 Å². The lowest BCUT2D eigenvalue weighted by Crippen LogP contribution is -2.30. The predicted octanol–water partition coefficient (Wildman–Crippen LogP) is 27.4. The minimum atomic E-state index is -4.97. The third kappa shape index (κ3) is 80.7. The van der Waals surface area contributed by atoms with Crippen LogP contribution in [0.2, 0.25) is 0 Å². The van der Waals surface area contributed by atoms with Gasteiger partial charge in [-0.15, -0.1) is 0 Å². The number of esters is 4. The number of aliphatic hydroxyl groups is 1. The summed E-state index contributed by atoms with van der Waals surface area (Å²) in [6.45, 7) is 9.73. The molecular weight excluding hydrogens is 1400 g/mol. The Labute approximate surface area is 664 Å². The Hall–Kier alpha value is -1.94. The second-order valence-corrected chi connectivity index (χ2v) is 35.6. The minimum Gasteiger partial charge on any atom is -0.462 e. The van der Waals surface area contributed by atoms with E-state index in [1.54, 1.807) is 0 Å². The summed E-state index contributed by atoms with van der Waals surface area (Å²) in [6, 6.07) is 0. The van der Waals surface area contributed by atoms with E-state index < -0.39 is 97.5 Å². The van der Waals surface area contributed by atoms with E-state index in [2.05, 4.69) is 41.5 Å². The molecule has 0 radical (unpaired) electrons. The van der Waals surface area contributed by atoms with Crippen LogP contribution in [0.4, 0.5) is 0 Å². The second-order valence-electron chi connectivity index (χ2n) is 32.7. The van der Waals surface area contributed by atoms with Crippen molar-refractivity contribution in [2.45, 2.75) is 496 Å². The molecular formula is C89H174O17P2. The average molecular weight is 1580 g/mol. The lowest BCUT2D eigenvalue weighted by atomic mass is 9.99. The Morgan fingerprint density at radius 2 is 0.472 bits per heavy atom. The van der Waals surface area contributed by atoms with Crippen molar-refractivity contribution in [2.24, 2.45) is 11.8 Å². The number of phosphoric ester groups is 2. The highest BCUT2D eigenvalue weighted by Gasteiger charge is 2.31. The van der Waals surface area contributed by atoms with Gasteiger partial charge in [-0.05, 0) is 37.5 Å². The van der Waals surface area contributed by atoms with Crippen molar-refractivity contribution in [3.05, 3.63) is 0 Å². The van der Waals surface area contributed by atoms with E-state index in [0.29, 0.717) is 25.7 Å². The van der Waals surface area contributed by atoms with Crippen LogP contribution in [0.1, 0.15) is 478 Å². The quantitative estimate of drug-likeness (QED) is 0.0222. The second kappa shape index (κ2) is 80.3. The van der Waals surface area contributed by atoms with Gasteiger partial charge in [-0.2, -0.15) is 0 Å². The number of phosphoric acid groups is 2. The van der Waals surface area contributed by atoms with Crippen LogP contribution in [0.15, 0.2) is 0 Å². The standard InChI is InChI=1S/C89H174O17P2/c1-7-10-12-14-16-18-20-22-24-26-27-31-35-38-42-46-53-59-65-71-86(91)99-77-84(105-88(93)74-68-62-56-48-44-40-36-32-29-28-30-33-37-41-45-51-57-63-69-81(4)5)79-103-107(95,96)101-75-83(90)76-102-108(97,98)104-80-85(78-100-87(92)72-66-60-54-50-49-52-58-64-70-82(6)9-3)106-89(94)73-67-61-55-47-43-39-34-25-23-21-19-17-15-13-11-8-2/h81-85,90H,7-80H2,1-6H3,(H,95,96)(H,97,98)/t82?,83-,84-,85-/m1/s1. The van der Waals surface area contributed by atoms with Crippen molar-refractivity contribution in [3.8, 4) is 0 Å². The molecule has 0 aliphatic heterocycles. The molecule has 17 nitrogen and oxygen atoms in total. The van der Waals surface area contributed by atoms with Crippen molar-refractivity contribution in [1.29, 1.82) is 0 Å². The zero-order chi connectivity index (χ0) is 79.2. The van der Waals surface area contributed by atoms with E-state index in [0.717, 1.165) is 102 Å². The van der Waals surface area contributed by atoms with Crippen LogP contribution in [0.3, 0.4) is 0 Å². The van der Waals surface area contributed by atoms with Gasteiger partial charge >= 0.3 is 39.5 Å². The van der Waals surface area contributed by atoms with Crippen LogP contribution >= 0.6 is 15.6 Å². The zero-order valence-electron chi connectivity index (χ0n) is 71.2. The Balaban J connectivity index is 5.25. The molecule has 0 fully saturated rings. The number of unbranched alkanes of at least 4 members (excludes halogenated alkanes) is 57. The maximum absolute atomic E-state index is 13.2. The Morgan fingerprint density at radius 3 is 0.704 bits per heavy atom. The number of carbonyl (C=O) groups is 4. The fraction of sp³-hybridized carbons (Fsp3) is 0.955. The third-order valence-electron chi connectivity index (χ3n) is 21.3. The summed E-state index contributed by atoms with van der Waals surface area (Å²) < 4.78 is 69.0. The van der Waals surface area contributed by atoms with E-state index in [1.165, 1.54) is 295 Å². The zero-order valence-corrected chi connectivity index (χ0v) is 73.0. The number of hydrogen-bond donors (Lipinski definition) is 3. The monoisotopic (exact) mass is 1580 g/mol. The molecule has 0 saturated carbocycles. The van der Waals surface area contributed by atoms with Gasteiger partial charge in [0.1, 0.15) is 19.3 Å². The topological polar surface area (TPSA) is 237 Å². The highest BCUT2D eigenvalue weighted by molar-refractivity contribution is 7.47. The number of hydrogen-bond acceptors (Lipinski definition) is 15. The highest BCUT2D eigenvalue weighted by Crippen LogP contribution is 2.45. The van der Waals surface area contributed by atoms with Crippen LogP contribution < -0.4 is 0 Å². The number of ether oxygens (including phenoxy) is 4. The molecule has 0 amide bonds. The molecule has 0 bridgehead atoms. The van der Waals surface area contributed by atoms with Gasteiger partial charge in [-0.3, -0.25) is 37.3 Å². The first-order chi connectivity index (χ1) is 52.4. The number of carbonyl (C=O) groups excluding carboxylic acids is 4. The summed E-state index contributed by atoms with van der Waals surface area (Å²) in [6.07, 6.45) is 73.6. The van der Waals surface area contributed by atoms with Gasteiger partial charge in [-0.1, -0.05) is 427 Å². The molecule has 0 heterocycles. The van der Waals surface area contributed by atoms with E-state index in [9.17, 15) is 43.2 Å². The molecule has 19 heteroatoms. The normalized spacial score (nSPS) is 14.0. The molecule has 0 aliphatic carbocycles. The van der Waals surface area contributed by atoms with Gasteiger partial charge in [0.25, 0.3) is 0 Å². The molecule has 0 aliphatic rings. The lowest BCUT2D eigenvalue weighted by molar-refractivity contribution is -0.161. The van der Waals surface area contributed by atoms with Gasteiger partial charge in [0.2, 0.25) is 0 Å². The van der Waals surface area contributed by atoms with Gasteiger partial charge < -0.3 is 33.8 Å². The van der Waals surface area contributed by atoms with Gasteiger partial charge in [-0.25, -0.2) is 9.13 Å². The van der Waals surface area contributed by atoms with Crippen molar-refractivity contribution < 1.29 is 80.2 Å². The van der Waals surface area contributed by atoms with Gasteiger partial charge in [0.15, 0.2) is 12.2 Å². The maximum Gasteiger partial charge on any atom is 0.472 e. The SMILES string of the molecule is CCCCCCCCCCCCCCCCCCCCCC(=O)OC[C@H](COP(=O)(O)OC[C@@H](O)COP(=O)(O)OC[C@@H](COC(=O)CCCCCCCCCCC(C)CC)OC(=O)CCCCCCCCCCCCCCCCCC)OC(=O)CCCCCCCCCCCCCCCCCCCCC(C)C. The van der Waals surface area contributed by atoms with Crippen LogP contribution in [0.25, 0.3) is 0 Å². The largest absolute Gasteiger partial charge is 0.472 e. The van der Waals surface area contributed by atoms with Gasteiger partial charge in [0, 0.05) is 25.7 Å². The summed E-state index contributed by atoms with van der Waals surface area (Å²) in [5.74, 6) is -0.500. The molecule has 0 aromatic heterocycles. The molecule has 642 valence electrons. The van der Waals surface area contributed by atoms with Crippen molar-refractivity contribution in [3.63, 3.8) is 0 Å². The van der Waals surface area contributed by atoms with E-state index >= 15 is 0 Å². The van der Waals surface area contributed by atoms with Crippen LogP contribution in [0.5, 0.6) is 0 Å². The summed E-state index contributed by atoms with van der Waals surface area (Å²) >= 11 is 0.